The number of hydrogen-bond acceptors (Lipinski definition) is 6. The topological polar surface area (TPSA) is 110 Å². The second-order valence-electron chi connectivity index (χ2n) is 3.94. The first-order valence-electron chi connectivity index (χ1n) is 5.12. The minimum absolute atomic E-state index is 0.114. The zero-order chi connectivity index (χ0) is 13.9. The van der Waals surface area contributed by atoms with Crippen LogP contribution < -0.4 is 5.32 Å². The Bertz CT molecular complexity index is 553. The van der Waals surface area contributed by atoms with Gasteiger partial charge in [0, 0.05) is 18.9 Å². The molecule has 0 radical (unpaired) electrons. The van der Waals surface area contributed by atoms with Gasteiger partial charge in [-0.25, -0.2) is 8.42 Å². The Morgan fingerprint density at radius 1 is 1.50 bits per heavy atom. The van der Waals surface area contributed by atoms with Crippen molar-refractivity contribution >= 4 is 21.2 Å². The fourth-order valence-corrected chi connectivity index (χ4v) is 1.94. The molecule has 1 aromatic rings. The van der Waals surface area contributed by atoms with E-state index in [2.05, 4.69) is 5.32 Å². The van der Waals surface area contributed by atoms with Crippen LogP contribution in [-0.4, -0.2) is 37.4 Å². The number of nitro benzene ring substituents is 1. The first-order chi connectivity index (χ1) is 8.21. The Balaban J connectivity index is 3.17. The molecule has 0 aliphatic carbocycles. The second-order valence-corrected chi connectivity index (χ2v) is 5.95. The summed E-state index contributed by atoms with van der Waals surface area (Å²) in [7, 11) is -3.49. The third-order valence-corrected chi connectivity index (χ3v) is 3.29. The molecule has 0 fully saturated rings. The summed E-state index contributed by atoms with van der Waals surface area (Å²) in [5.74, 6) is 0. The number of hydrogen-bond donors (Lipinski definition) is 2. The van der Waals surface area contributed by atoms with Crippen LogP contribution in [0.1, 0.15) is 6.92 Å². The van der Waals surface area contributed by atoms with E-state index < -0.39 is 20.9 Å². The van der Waals surface area contributed by atoms with Gasteiger partial charge < -0.3 is 10.4 Å². The summed E-state index contributed by atoms with van der Waals surface area (Å²) in [5.41, 5.74) is -0.160. The zero-order valence-electron chi connectivity index (χ0n) is 9.95. The van der Waals surface area contributed by atoms with E-state index in [1.165, 1.54) is 19.1 Å². The van der Waals surface area contributed by atoms with Gasteiger partial charge in [0.1, 0.15) is 5.69 Å². The molecule has 0 aromatic heterocycles. The van der Waals surface area contributed by atoms with Gasteiger partial charge in [-0.3, -0.25) is 10.1 Å². The van der Waals surface area contributed by atoms with Gasteiger partial charge in [-0.05, 0) is 19.1 Å². The van der Waals surface area contributed by atoms with Crippen LogP contribution in [0.3, 0.4) is 0 Å². The molecule has 0 heterocycles. The Morgan fingerprint density at radius 3 is 2.56 bits per heavy atom. The van der Waals surface area contributed by atoms with Crippen molar-refractivity contribution in [3.63, 3.8) is 0 Å². The number of sulfone groups is 1. The van der Waals surface area contributed by atoms with E-state index in [0.717, 1.165) is 12.3 Å². The van der Waals surface area contributed by atoms with E-state index in [1.54, 1.807) is 0 Å². The normalized spacial score (nSPS) is 13.1. The molecule has 0 aliphatic heterocycles. The molecule has 2 N–H and O–H groups in total. The number of nitrogens with zero attached hydrogens (tertiary/aromatic N) is 1. The van der Waals surface area contributed by atoms with Gasteiger partial charge in [-0.2, -0.15) is 0 Å². The average Bonchev–Trinajstić information content (AvgIpc) is 2.24. The number of aliphatic hydroxyl groups excluding tert-OH is 1. The Labute approximate surface area is 105 Å². The number of benzene rings is 1. The number of rotatable bonds is 5. The maximum Gasteiger partial charge on any atom is 0.293 e. The van der Waals surface area contributed by atoms with Gasteiger partial charge in [0.15, 0.2) is 9.84 Å². The van der Waals surface area contributed by atoms with E-state index >= 15 is 0 Å². The monoisotopic (exact) mass is 274 g/mol. The van der Waals surface area contributed by atoms with Crippen molar-refractivity contribution in [2.45, 2.75) is 17.9 Å². The third-order valence-electron chi connectivity index (χ3n) is 2.18. The quantitative estimate of drug-likeness (QED) is 0.607. The van der Waals surface area contributed by atoms with Gasteiger partial charge >= 0.3 is 0 Å². The molecule has 18 heavy (non-hydrogen) atoms. The molecule has 0 spiro atoms. The van der Waals surface area contributed by atoms with Crippen LogP contribution in [0.15, 0.2) is 23.1 Å². The van der Waals surface area contributed by atoms with Crippen molar-refractivity contribution in [1.29, 1.82) is 0 Å². The zero-order valence-corrected chi connectivity index (χ0v) is 10.8. The number of anilines is 1. The van der Waals surface area contributed by atoms with Crippen molar-refractivity contribution < 1.29 is 18.4 Å². The van der Waals surface area contributed by atoms with Crippen molar-refractivity contribution in [3.8, 4) is 0 Å². The summed E-state index contributed by atoms with van der Waals surface area (Å²) in [6, 6.07) is 3.60. The predicted octanol–water partition coefficient (Wildman–Crippen LogP) is 0.791. The van der Waals surface area contributed by atoms with Crippen LogP contribution >= 0.6 is 0 Å². The predicted molar refractivity (Wildman–Crippen MR) is 66.4 cm³/mol. The molecule has 0 amide bonds. The average molecular weight is 274 g/mol. The summed E-state index contributed by atoms with van der Waals surface area (Å²) >= 11 is 0. The Morgan fingerprint density at radius 2 is 2.11 bits per heavy atom. The highest BCUT2D eigenvalue weighted by atomic mass is 32.2. The van der Waals surface area contributed by atoms with Gasteiger partial charge in [0.2, 0.25) is 0 Å². The molecular formula is C10H14N2O5S. The molecule has 0 aliphatic rings. The maximum absolute atomic E-state index is 11.3. The van der Waals surface area contributed by atoms with Crippen LogP contribution in [-0.2, 0) is 9.84 Å². The lowest BCUT2D eigenvalue weighted by Crippen LogP contribution is -2.16. The van der Waals surface area contributed by atoms with Crippen LogP contribution in [0, 0.1) is 10.1 Å². The number of nitrogens with one attached hydrogen (secondary N) is 1. The van der Waals surface area contributed by atoms with Crippen LogP contribution in [0.25, 0.3) is 0 Å². The van der Waals surface area contributed by atoms with Crippen molar-refractivity contribution in [1.82, 2.24) is 0 Å². The first kappa shape index (κ1) is 14.4. The van der Waals surface area contributed by atoms with E-state index in [4.69, 9.17) is 5.11 Å². The summed E-state index contributed by atoms with van der Waals surface area (Å²) in [6.45, 7) is 1.67. The lowest BCUT2D eigenvalue weighted by molar-refractivity contribution is -0.384. The Hall–Kier alpha value is -1.67. The minimum Gasteiger partial charge on any atom is -0.392 e. The minimum atomic E-state index is -3.49. The van der Waals surface area contributed by atoms with Crippen molar-refractivity contribution in [3.05, 3.63) is 28.3 Å². The van der Waals surface area contributed by atoms with Gasteiger partial charge in [-0.15, -0.1) is 0 Å². The van der Waals surface area contributed by atoms with E-state index in [0.29, 0.717) is 0 Å². The lowest BCUT2D eigenvalue weighted by Gasteiger charge is -2.09. The molecule has 0 unspecified atom stereocenters. The molecule has 0 saturated heterocycles. The Kier molecular flexibility index (Phi) is 4.25. The van der Waals surface area contributed by atoms with E-state index in [-0.39, 0.29) is 22.8 Å². The van der Waals surface area contributed by atoms with E-state index in [1.807, 2.05) is 0 Å². The van der Waals surface area contributed by atoms with Crippen molar-refractivity contribution in [2.75, 3.05) is 18.1 Å². The second kappa shape index (κ2) is 5.32. The van der Waals surface area contributed by atoms with Crippen LogP contribution in [0.5, 0.6) is 0 Å². The third kappa shape index (κ3) is 3.67. The smallest absolute Gasteiger partial charge is 0.293 e. The fourth-order valence-electron chi connectivity index (χ4n) is 1.30. The molecule has 100 valence electrons. The molecule has 1 atom stereocenters. The molecule has 7 nitrogen and oxygen atoms in total. The summed E-state index contributed by atoms with van der Waals surface area (Å²) in [6.07, 6.45) is 0.314. The molecular weight excluding hydrogens is 260 g/mol. The first-order valence-corrected chi connectivity index (χ1v) is 7.01. The van der Waals surface area contributed by atoms with Gasteiger partial charge in [0.25, 0.3) is 5.69 Å². The summed E-state index contributed by atoms with van der Waals surface area (Å²) in [5, 5.41) is 22.6. The van der Waals surface area contributed by atoms with E-state index in [9.17, 15) is 18.5 Å². The number of nitro groups is 1. The van der Waals surface area contributed by atoms with Gasteiger partial charge in [-0.1, -0.05) is 0 Å². The standard InChI is InChI=1S/C10H14N2O5S/c1-7(13)6-11-9-4-3-8(18(2,16)17)5-10(9)12(14)15/h3-5,7,11,13H,6H2,1-2H3/t7-/m0/s1. The van der Waals surface area contributed by atoms with Crippen LogP contribution in [0.2, 0.25) is 0 Å². The molecule has 8 heteroatoms. The molecule has 0 saturated carbocycles. The SMILES string of the molecule is C[C@H](O)CNc1ccc(S(C)(=O)=O)cc1[N+](=O)[O-]. The van der Waals surface area contributed by atoms with Crippen LogP contribution in [0.4, 0.5) is 11.4 Å². The van der Waals surface area contributed by atoms with Crippen molar-refractivity contribution in [2.24, 2.45) is 0 Å². The summed E-state index contributed by atoms with van der Waals surface area (Å²) < 4.78 is 22.6. The molecule has 1 rings (SSSR count). The highest BCUT2D eigenvalue weighted by Gasteiger charge is 2.18. The summed E-state index contributed by atoms with van der Waals surface area (Å²) in [4.78, 5) is 10.1. The highest BCUT2D eigenvalue weighted by molar-refractivity contribution is 7.90. The lowest BCUT2D eigenvalue weighted by atomic mass is 10.2. The number of aliphatic hydroxyl groups is 1. The fraction of sp³-hybridized carbons (Fsp3) is 0.400. The molecule has 0 bridgehead atoms. The maximum atomic E-state index is 11.3. The largest absolute Gasteiger partial charge is 0.392 e. The highest BCUT2D eigenvalue weighted by Crippen LogP contribution is 2.27. The molecule has 1 aromatic carbocycles. The van der Waals surface area contributed by atoms with Gasteiger partial charge in [0.05, 0.1) is 15.9 Å².